The summed E-state index contributed by atoms with van der Waals surface area (Å²) in [4.78, 5) is 4.44. The standard InChI is InChI=1S/C14H9FNS/c1-9-6-7-13-12(8-9)16-14(17-13)10-4-2-3-5-11(10)15/h2-8H,1H2. The summed E-state index contributed by atoms with van der Waals surface area (Å²) in [6, 6.07) is 12.5. The van der Waals surface area contributed by atoms with Gasteiger partial charge >= 0.3 is 0 Å². The van der Waals surface area contributed by atoms with E-state index in [1.54, 1.807) is 12.1 Å². The number of aromatic nitrogens is 1. The molecule has 0 aliphatic heterocycles. The third kappa shape index (κ3) is 1.83. The smallest absolute Gasteiger partial charge is 0.133 e. The molecule has 0 saturated heterocycles. The molecule has 3 aromatic rings. The van der Waals surface area contributed by atoms with E-state index in [0.29, 0.717) is 10.6 Å². The Hall–Kier alpha value is -1.74. The van der Waals surface area contributed by atoms with Gasteiger partial charge in [-0.1, -0.05) is 18.2 Å². The molecule has 0 fully saturated rings. The van der Waals surface area contributed by atoms with Crippen molar-refractivity contribution < 1.29 is 4.39 Å². The molecule has 0 bridgehead atoms. The Labute approximate surface area is 103 Å². The van der Waals surface area contributed by atoms with E-state index in [9.17, 15) is 4.39 Å². The van der Waals surface area contributed by atoms with Crippen LogP contribution in [0.15, 0.2) is 42.5 Å². The third-order valence-electron chi connectivity index (χ3n) is 2.56. The summed E-state index contributed by atoms with van der Waals surface area (Å²) in [5, 5.41) is 0.712. The number of halogens is 1. The highest BCUT2D eigenvalue weighted by Gasteiger charge is 2.09. The first kappa shape index (κ1) is 10.4. The summed E-state index contributed by atoms with van der Waals surface area (Å²) >= 11 is 1.49. The van der Waals surface area contributed by atoms with Crippen LogP contribution in [0.5, 0.6) is 0 Å². The van der Waals surface area contributed by atoms with E-state index in [2.05, 4.69) is 11.9 Å². The van der Waals surface area contributed by atoms with Crippen molar-refractivity contribution in [3.8, 4) is 10.6 Å². The van der Waals surface area contributed by atoms with Gasteiger partial charge in [0.1, 0.15) is 10.8 Å². The maximum Gasteiger partial charge on any atom is 0.133 e. The van der Waals surface area contributed by atoms with Gasteiger partial charge in [0.25, 0.3) is 0 Å². The SMILES string of the molecule is [CH2]c1ccc2sc(-c3ccccc3F)nc2c1. The molecule has 1 nitrogen and oxygen atoms in total. The number of nitrogens with zero attached hydrogens (tertiary/aromatic N) is 1. The molecule has 0 aliphatic rings. The Morgan fingerprint density at radius 1 is 1.12 bits per heavy atom. The van der Waals surface area contributed by atoms with Crippen LogP contribution >= 0.6 is 11.3 Å². The fraction of sp³-hybridized carbons (Fsp3) is 0. The predicted molar refractivity (Wildman–Crippen MR) is 69.5 cm³/mol. The lowest BCUT2D eigenvalue weighted by molar-refractivity contribution is 0.631. The molecule has 1 radical (unpaired) electrons. The number of rotatable bonds is 1. The fourth-order valence-electron chi connectivity index (χ4n) is 1.72. The van der Waals surface area contributed by atoms with Crippen LogP contribution in [0.25, 0.3) is 20.8 Å². The van der Waals surface area contributed by atoms with Crippen LogP contribution in [-0.4, -0.2) is 4.98 Å². The fourth-order valence-corrected chi connectivity index (χ4v) is 2.70. The number of hydrogen-bond acceptors (Lipinski definition) is 2. The largest absolute Gasteiger partial charge is 0.236 e. The van der Waals surface area contributed by atoms with E-state index in [0.717, 1.165) is 15.8 Å². The van der Waals surface area contributed by atoms with Gasteiger partial charge in [-0.3, -0.25) is 0 Å². The second-order valence-electron chi connectivity index (χ2n) is 3.80. The first-order chi connectivity index (χ1) is 8.24. The number of fused-ring (bicyclic) bond motifs is 1. The van der Waals surface area contributed by atoms with Crippen molar-refractivity contribution in [2.75, 3.05) is 0 Å². The highest BCUT2D eigenvalue weighted by molar-refractivity contribution is 7.21. The zero-order valence-electron chi connectivity index (χ0n) is 8.98. The van der Waals surface area contributed by atoms with Crippen molar-refractivity contribution in [2.45, 2.75) is 0 Å². The molecule has 3 heteroatoms. The second-order valence-corrected chi connectivity index (χ2v) is 4.83. The minimum absolute atomic E-state index is 0.235. The van der Waals surface area contributed by atoms with Gasteiger partial charge in [0.15, 0.2) is 0 Å². The minimum atomic E-state index is -0.235. The number of benzene rings is 2. The van der Waals surface area contributed by atoms with Crippen molar-refractivity contribution >= 4 is 21.6 Å². The molecule has 0 saturated carbocycles. The van der Waals surface area contributed by atoms with Crippen LogP contribution in [0.3, 0.4) is 0 Å². The Balaban J connectivity index is 2.22. The van der Waals surface area contributed by atoms with Crippen LogP contribution in [0, 0.1) is 12.7 Å². The molecule has 17 heavy (non-hydrogen) atoms. The molecule has 0 spiro atoms. The number of thiazole rings is 1. The molecule has 0 atom stereocenters. The van der Waals surface area contributed by atoms with Crippen molar-refractivity contribution in [3.05, 3.63) is 60.8 Å². The molecule has 0 amide bonds. The lowest BCUT2D eigenvalue weighted by Crippen LogP contribution is -1.81. The second kappa shape index (κ2) is 3.93. The molecule has 2 aromatic carbocycles. The van der Waals surface area contributed by atoms with Gasteiger partial charge in [-0.2, -0.15) is 0 Å². The third-order valence-corrected chi connectivity index (χ3v) is 3.63. The Morgan fingerprint density at radius 3 is 2.76 bits per heavy atom. The van der Waals surface area contributed by atoms with Crippen molar-refractivity contribution in [3.63, 3.8) is 0 Å². The van der Waals surface area contributed by atoms with Crippen LogP contribution in [0.4, 0.5) is 4.39 Å². The number of hydrogen-bond donors (Lipinski definition) is 0. The lowest BCUT2D eigenvalue weighted by Gasteiger charge is -1.96. The van der Waals surface area contributed by atoms with Crippen LogP contribution in [-0.2, 0) is 0 Å². The lowest BCUT2D eigenvalue weighted by atomic mass is 10.2. The maximum absolute atomic E-state index is 13.6. The van der Waals surface area contributed by atoms with Crippen LogP contribution in [0.2, 0.25) is 0 Å². The summed E-state index contributed by atoms with van der Waals surface area (Å²) < 4.78 is 14.7. The van der Waals surface area contributed by atoms with Crippen LogP contribution < -0.4 is 0 Å². The minimum Gasteiger partial charge on any atom is -0.236 e. The van der Waals surface area contributed by atoms with Gasteiger partial charge in [-0.05, 0) is 36.8 Å². The molecular weight excluding hydrogens is 233 g/mol. The molecule has 0 aliphatic carbocycles. The first-order valence-electron chi connectivity index (χ1n) is 5.21. The Bertz CT molecular complexity index is 688. The van der Waals surface area contributed by atoms with E-state index in [4.69, 9.17) is 0 Å². The van der Waals surface area contributed by atoms with E-state index < -0.39 is 0 Å². The maximum atomic E-state index is 13.6. The molecule has 83 valence electrons. The monoisotopic (exact) mass is 242 g/mol. The molecule has 0 unspecified atom stereocenters. The summed E-state index contributed by atoms with van der Waals surface area (Å²) in [5.41, 5.74) is 2.35. The van der Waals surface area contributed by atoms with Crippen LogP contribution in [0.1, 0.15) is 5.56 Å². The highest BCUT2D eigenvalue weighted by atomic mass is 32.1. The predicted octanol–water partition coefficient (Wildman–Crippen LogP) is 4.28. The molecule has 1 heterocycles. The van der Waals surface area contributed by atoms with Gasteiger partial charge in [-0.25, -0.2) is 9.37 Å². The van der Waals surface area contributed by atoms with Crippen molar-refractivity contribution in [1.29, 1.82) is 0 Å². The zero-order chi connectivity index (χ0) is 11.8. The molecule has 0 N–H and O–H groups in total. The van der Waals surface area contributed by atoms with Gasteiger partial charge in [0.05, 0.1) is 10.2 Å². The van der Waals surface area contributed by atoms with Gasteiger partial charge in [0.2, 0.25) is 0 Å². The van der Waals surface area contributed by atoms with Gasteiger partial charge in [0, 0.05) is 5.56 Å². The van der Waals surface area contributed by atoms with E-state index >= 15 is 0 Å². The zero-order valence-corrected chi connectivity index (χ0v) is 9.80. The summed E-state index contributed by atoms with van der Waals surface area (Å²) in [6.45, 7) is 3.86. The highest BCUT2D eigenvalue weighted by Crippen LogP contribution is 2.31. The average molecular weight is 242 g/mol. The normalized spacial score (nSPS) is 10.9. The van der Waals surface area contributed by atoms with Gasteiger partial charge < -0.3 is 0 Å². The summed E-state index contributed by atoms with van der Waals surface area (Å²) in [6.07, 6.45) is 0. The quantitative estimate of drug-likeness (QED) is 0.620. The van der Waals surface area contributed by atoms with E-state index in [-0.39, 0.29) is 5.82 Å². The summed E-state index contributed by atoms with van der Waals surface area (Å²) in [7, 11) is 0. The Morgan fingerprint density at radius 2 is 1.94 bits per heavy atom. The topological polar surface area (TPSA) is 12.9 Å². The average Bonchev–Trinajstić information content (AvgIpc) is 2.72. The molecule has 3 rings (SSSR count). The Kier molecular flexibility index (Phi) is 2.41. The first-order valence-corrected chi connectivity index (χ1v) is 6.03. The van der Waals surface area contributed by atoms with E-state index in [1.165, 1.54) is 17.4 Å². The van der Waals surface area contributed by atoms with Crippen molar-refractivity contribution in [1.82, 2.24) is 4.98 Å². The molecule has 1 aromatic heterocycles. The van der Waals surface area contributed by atoms with Crippen molar-refractivity contribution in [2.24, 2.45) is 0 Å². The van der Waals surface area contributed by atoms with Gasteiger partial charge in [-0.15, -0.1) is 11.3 Å². The molecular formula is C14H9FNS. The van der Waals surface area contributed by atoms with E-state index in [1.807, 2.05) is 24.3 Å². The summed E-state index contributed by atoms with van der Waals surface area (Å²) in [5.74, 6) is -0.235.